The minimum Gasteiger partial charge on any atom is -0.298 e. The van der Waals surface area contributed by atoms with Crippen molar-refractivity contribution in [3.8, 4) is 0 Å². The van der Waals surface area contributed by atoms with Gasteiger partial charge in [0, 0.05) is 6.08 Å². The van der Waals surface area contributed by atoms with Crippen LogP contribution >= 0.6 is 11.3 Å². The molecule has 1 heterocycles. The molecule has 128 valence electrons. The molecule has 0 aliphatic rings. The number of carbonyl (C=O) groups excluding carboxylic acids is 1. The molecule has 1 amide bonds. The Bertz CT molecular complexity index is 931. The molecule has 0 fully saturated rings. The fourth-order valence-corrected chi connectivity index (χ4v) is 3.47. The number of benzene rings is 2. The van der Waals surface area contributed by atoms with Crippen LogP contribution in [0.4, 0.5) is 5.13 Å². The van der Waals surface area contributed by atoms with Gasteiger partial charge in [-0.05, 0) is 47.2 Å². The number of fused-ring (bicyclic) bond motifs is 1. The van der Waals surface area contributed by atoms with Crippen LogP contribution in [0.15, 0.2) is 48.5 Å². The van der Waals surface area contributed by atoms with E-state index in [-0.39, 0.29) is 11.3 Å². The summed E-state index contributed by atoms with van der Waals surface area (Å²) in [7, 11) is 0. The van der Waals surface area contributed by atoms with E-state index in [1.807, 2.05) is 37.3 Å². The lowest BCUT2D eigenvalue weighted by Crippen LogP contribution is -2.10. The van der Waals surface area contributed by atoms with E-state index in [1.165, 1.54) is 22.5 Å². The zero-order chi connectivity index (χ0) is 18.0. The van der Waals surface area contributed by atoms with Crippen LogP contribution in [0.25, 0.3) is 16.3 Å². The van der Waals surface area contributed by atoms with E-state index in [0.717, 1.165) is 15.8 Å². The first-order valence-electron chi connectivity index (χ1n) is 8.28. The number of nitrogens with zero attached hydrogens (tertiary/aromatic N) is 1. The predicted octanol–water partition coefficient (Wildman–Crippen LogP) is 5.55. The Morgan fingerprint density at radius 2 is 1.84 bits per heavy atom. The van der Waals surface area contributed by atoms with Gasteiger partial charge in [-0.2, -0.15) is 0 Å². The summed E-state index contributed by atoms with van der Waals surface area (Å²) in [6, 6.07) is 14.4. The van der Waals surface area contributed by atoms with Gasteiger partial charge in [-0.1, -0.05) is 62.4 Å². The van der Waals surface area contributed by atoms with Gasteiger partial charge in [0.15, 0.2) is 5.13 Å². The van der Waals surface area contributed by atoms with Crippen molar-refractivity contribution in [2.45, 2.75) is 33.1 Å². The van der Waals surface area contributed by atoms with Gasteiger partial charge in [-0.25, -0.2) is 4.98 Å². The highest BCUT2D eigenvalue weighted by atomic mass is 32.1. The van der Waals surface area contributed by atoms with Crippen molar-refractivity contribution < 1.29 is 4.79 Å². The molecule has 0 radical (unpaired) electrons. The molecule has 0 atom stereocenters. The quantitative estimate of drug-likeness (QED) is 0.629. The van der Waals surface area contributed by atoms with Crippen molar-refractivity contribution >= 4 is 38.7 Å². The number of carbonyl (C=O) groups is 1. The van der Waals surface area contributed by atoms with Gasteiger partial charge in [-0.15, -0.1) is 0 Å². The minimum atomic E-state index is -0.171. The van der Waals surface area contributed by atoms with Crippen LogP contribution in [-0.4, -0.2) is 10.9 Å². The fourth-order valence-electron chi connectivity index (χ4n) is 2.50. The largest absolute Gasteiger partial charge is 0.298 e. The van der Waals surface area contributed by atoms with E-state index < -0.39 is 0 Å². The molecule has 4 heteroatoms. The van der Waals surface area contributed by atoms with E-state index in [1.54, 1.807) is 6.08 Å². The summed E-state index contributed by atoms with van der Waals surface area (Å²) in [5.41, 5.74) is 4.51. The summed E-state index contributed by atoms with van der Waals surface area (Å²) in [5.74, 6) is -0.171. The van der Waals surface area contributed by atoms with E-state index in [4.69, 9.17) is 0 Å². The van der Waals surface area contributed by atoms with Crippen molar-refractivity contribution in [2.24, 2.45) is 0 Å². The third-order valence-corrected chi connectivity index (χ3v) is 4.91. The molecule has 0 aliphatic heterocycles. The first-order valence-corrected chi connectivity index (χ1v) is 9.10. The Kier molecular flexibility index (Phi) is 4.73. The number of hydrogen-bond acceptors (Lipinski definition) is 3. The van der Waals surface area contributed by atoms with Crippen molar-refractivity contribution in [3.63, 3.8) is 0 Å². The van der Waals surface area contributed by atoms with Crippen LogP contribution in [0, 0.1) is 6.92 Å². The molecule has 0 spiro atoms. The Labute approximate surface area is 152 Å². The number of aromatic nitrogens is 1. The summed E-state index contributed by atoms with van der Waals surface area (Å²) in [6.45, 7) is 8.60. The Balaban J connectivity index is 1.67. The summed E-state index contributed by atoms with van der Waals surface area (Å²) < 4.78 is 1.08. The van der Waals surface area contributed by atoms with Gasteiger partial charge in [0.1, 0.15) is 0 Å². The van der Waals surface area contributed by atoms with Gasteiger partial charge in [0.2, 0.25) is 5.91 Å². The second kappa shape index (κ2) is 6.81. The highest BCUT2D eigenvalue weighted by Crippen LogP contribution is 2.26. The number of nitrogens with one attached hydrogen (secondary N) is 1. The summed E-state index contributed by atoms with van der Waals surface area (Å²) in [5, 5.41) is 3.46. The Morgan fingerprint density at radius 3 is 2.52 bits per heavy atom. The molecule has 1 N–H and O–H groups in total. The summed E-state index contributed by atoms with van der Waals surface area (Å²) >= 11 is 1.49. The molecule has 3 nitrogen and oxygen atoms in total. The predicted molar refractivity (Wildman–Crippen MR) is 107 cm³/mol. The zero-order valence-electron chi connectivity index (χ0n) is 15.0. The number of anilines is 1. The molecule has 0 aliphatic carbocycles. The van der Waals surface area contributed by atoms with Gasteiger partial charge in [0.25, 0.3) is 0 Å². The first kappa shape index (κ1) is 17.4. The summed E-state index contributed by atoms with van der Waals surface area (Å²) in [4.78, 5) is 16.6. The standard InChI is InChI=1S/C21H22N2OS/c1-14-5-11-17-18(13-14)25-20(22-17)23-19(24)12-8-15-6-9-16(10-7-15)21(2,3)4/h5-13H,1-4H3,(H,22,23,24)/b12-8+. The second-order valence-corrected chi connectivity index (χ2v) is 8.22. The van der Waals surface area contributed by atoms with Gasteiger partial charge in [0.05, 0.1) is 10.2 Å². The molecule has 2 aromatic carbocycles. The third kappa shape index (κ3) is 4.34. The van der Waals surface area contributed by atoms with Gasteiger partial charge in [-0.3, -0.25) is 10.1 Å². The van der Waals surface area contributed by atoms with Crippen LogP contribution in [0.3, 0.4) is 0 Å². The lowest BCUT2D eigenvalue weighted by Gasteiger charge is -2.18. The maximum atomic E-state index is 12.1. The molecule has 25 heavy (non-hydrogen) atoms. The smallest absolute Gasteiger partial charge is 0.250 e. The Morgan fingerprint density at radius 1 is 1.12 bits per heavy atom. The van der Waals surface area contributed by atoms with Crippen molar-refractivity contribution in [1.82, 2.24) is 4.98 Å². The molecule has 3 rings (SSSR count). The maximum absolute atomic E-state index is 12.1. The number of rotatable bonds is 3. The third-order valence-electron chi connectivity index (χ3n) is 3.98. The minimum absolute atomic E-state index is 0.130. The average molecular weight is 350 g/mol. The second-order valence-electron chi connectivity index (χ2n) is 7.18. The zero-order valence-corrected chi connectivity index (χ0v) is 15.8. The molecule has 1 aromatic heterocycles. The number of hydrogen-bond donors (Lipinski definition) is 1. The monoisotopic (exact) mass is 350 g/mol. The lowest BCUT2D eigenvalue weighted by atomic mass is 9.87. The van der Waals surface area contributed by atoms with Crippen LogP contribution in [0.1, 0.15) is 37.5 Å². The highest BCUT2D eigenvalue weighted by Gasteiger charge is 2.12. The molecular weight excluding hydrogens is 328 g/mol. The van der Waals surface area contributed by atoms with Crippen LogP contribution in [-0.2, 0) is 10.2 Å². The molecule has 0 unspecified atom stereocenters. The van der Waals surface area contributed by atoms with E-state index in [2.05, 4.69) is 49.3 Å². The number of thiazole rings is 1. The summed E-state index contributed by atoms with van der Waals surface area (Å²) in [6.07, 6.45) is 3.36. The SMILES string of the molecule is Cc1ccc2nc(NC(=O)/C=C/c3ccc(C(C)(C)C)cc3)sc2c1. The van der Waals surface area contributed by atoms with E-state index >= 15 is 0 Å². The van der Waals surface area contributed by atoms with Crippen LogP contribution in [0.2, 0.25) is 0 Å². The van der Waals surface area contributed by atoms with E-state index in [0.29, 0.717) is 5.13 Å². The van der Waals surface area contributed by atoms with Gasteiger partial charge >= 0.3 is 0 Å². The fraction of sp³-hybridized carbons (Fsp3) is 0.238. The molecular formula is C21H22N2OS. The van der Waals surface area contributed by atoms with Crippen LogP contribution < -0.4 is 5.32 Å². The topological polar surface area (TPSA) is 42.0 Å². The van der Waals surface area contributed by atoms with Crippen molar-refractivity contribution in [1.29, 1.82) is 0 Å². The molecule has 0 bridgehead atoms. The molecule has 0 saturated heterocycles. The Hall–Kier alpha value is -2.46. The molecule has 3 aromatic rings. The van der Waals surface area contributed by atoms with Crippen LogP contribution in [0.5, 0.6) is 0 Å². The maximum Gasteiger partial charge on any atom is 0.250 e. The highest BCUT2D eigenvalue weighted by molar-refractivity contribution is 7.22. The average Bonchev–Trinajstić information content (AvgIpc) is 2.93. The first-order chi connectivity index (χ1) is 11.8. The number of aryl methyl sites for hydroxylation is 1. The van der Waals surface area contributed by atoms with Gasteiger partial charge < -0.3 is 0 Å². The van der Waals surface area contributed by atoms with Crippen molar-refractivity contribution in [2.75, 3.05) is 5.32 Å². The number of amides is 1. The van der Waals surface area contributed by atoms with E-state index in [9.17, 15) is 4.79 Å². The lowest BCUT2D eigenvalue weighted by molar-refractivity contribution is -0.111. The molecule has 0 saturated carbocycles. The van der Waals surface area contributed by atoms with Crippen molar-refractivity contribution in [3.05, 3.63) is 65.2 Å². The normalized spacial score (nSPS) is 12.0.